The number of ether oxygens (including phenoxy) is 1. The Labute approximate surface area is 122 Å². The summed E-state index contributed by atoms with van der Waals surface area (Å²) in [5.41, 5.74) is 1.94. The monoisotopic (exact) mass is 285 g/mol. The Balaban J connectivity index is 2.19. The smallest absolute Gasteiger partial charge is 0.369 e. The lowest BCUT2D eigenvalue weighted by Gasteiger charge is -2.09. The van der Waals surface area contributed by atoms with Gasteiger partial charge in [0.15, 0.2) is 5.78 Å². The highest BCUT2D eigenvalue weighted by Crippen LogP contribution is 2.19. The fourth-order valence-corrected chi connectivity index (χ4v) is 1.83. The van der Waals surface area contributed by atoms with Gasteiger partial charge in [-0.1, -0.05) is 17.3 Å². The van der Waals surface area contributed by atoms with Gasteiger partial charge >= 0.3 is 5.97 Å². The Bertz CT molecular complexity index is 683. The molecule has 0 spiro atoms. The average Bonchev–Trinajstić information content (AvgIpc) is 2.49. The van der Waals surface area contributed by atoms with Gasteiger partial charge in [-0.15, -0.1) is 0 Å². The van der Waals surface area contributed by atoms with Gasteiger partial charge in [-0.05, 0) is 49.3 Å². The van der Waals surface area contributed by atoms with E-state index in [4.69, 9.17) is 9.57 Å². The van der Waals surface area contributed by atoms with Crippen molar-refractivity contribution in [3.05, 3.63) is 53.1 Å². The summed E-state index contributed by atoms with van der Waals surface area (Å²) in [6.07, 6.45) is 3.05. The summed E-state index contributed by atoms with van der Waals surface area (Å²) in [5, 5.41) is 3.82. The number of nitrogens with zero attached hydrogens (tertiary/aromatic N) is 1. The van der Waals surface area contributed by atoms with E-state index in [1.807, 2.05) is 0 Å². The zero-order chi connectivity index (χ0) is 15.4. The first-order valence-corrected chi connectivity index (χ1v) is 6.36. The van der Waals surface area contributed by atoms with Crippen LogP contribution in [0.4, 0.5) is 0 Å². The van der Waals surface area contributed by atoms with E-state index >= 15 is 0 Å². The summed E-state index contributed by atoms with van der Waals surface area (Å²) in [6.45, 7) is 3.42. The van der Waals surface area contributed by atoms with Crippen LogP contribution >= 0.6 is 0 Å². The predicted molar refractivity (Wildman–Crippen MR) is 78.4 cm³/mol. The van der Waals surface area contributed by atoms with Gasteiger partial charge in [0.1, 0.15) is 17.0 Å². The summed E-state index contributed by atoms with van der Waals surface area (Å²) >= 11 is 0. The van der Waals surface area contributed by atoms with Gasteiger partial charge in [0.05, 0.1) is 7.11 Å². The standard InChI is InChI=1S/C16H15NO4/c1-10-9-14(18)11(2)8-13(10)17-21-16(19)12-6-4-5-7-15(12)20-3/h4-9H,1-3H3. The maximum absolute atomic E-state index is 12.0. The Kier molecular flexibility index (Phi) is 4.33. The lowest BCUT2D eigenvalue weighted by atomic mass is 9.99. The molecule has 0 heterocycles. The number of hydrogen-bond donors (Lipinski definition) is 0. The molecule has 2 rings (SSSR count). The molecule has 0 aliphatic heterocycles. The fraction of sp³-hybridized carbons (Fsp3) is 0.188. The number of oxime groups is 1. The maximum Gasteiger partial charge on any atom is 0.369 e. The van der Waals surface area contributed by atoms with E-state index in [1.54, 1.807) is 44.2 Å². The quantitative estimate of drug-likeness (QED) is 0.486. The van der Waals surface area contributed by atoms with Crippen LogP contribution < -0.4 is 4.74 Å². The molecular formula is C16H15NO4. The molecule has 0 saturated carbocycles. The summed E-state index contributed by atoms with van der Waals surface area (Å²) in [7, 11) is 1.48. The SMILES string of the molecule is COc1ccccc1C(=O)ON=C1C=C(C)C(=O)C=C1C. The molecule has 0 amide bonds. The second-order valence-corrected chi connectivity index (χ2v) is 4.57. The number of para-hydroxylation sites is 1. The Morgan fingerprint density at radius 2 is 1.81 bits per heavy atom. The molecule has 0 saturated heterocycles. The summed E-state index contributed by atoms with van der Waals surface area (Å²) in [6, 6.07) is 6.72. The molecule has 0 atom stereocenters. The third-order valence-electron chi connectivity index (χ3n) is 3.05. The topological polar surface area (TPSA) is 65.0 Å². The van der Waals surface area contributed by atoms with Gasteiger partial charge in [-0.2, -0.15) is 0 Å². The molecule has 0 aromatic heterocycles. The van der Waals surface area contributed by atoms with Crippen molar-refractivity contribution in [2.75, 3.05) is 7.11 Å². The number of hydrogen-bond acceptors (Lipinski definition) is 5. The first-order valence-electron chi connectivity index (χ1n) is 6.36. The summed E-state index contributed by atoms with van der Waals surface area (Å²) in [4.78, 5) is 28.4. The van der Waals surface area contributed by atoms with Crippen LogP contribution in [0.2, 0.25) is 0 Å². The van der Waals surface area contributed by atoms with Crippen molar-refractivity contribution >= 4 is 17.5 Å². The number of allylic oxidation sites excluding steroid dienone is 4. The summed E-state index contributed by atoms with van der Waals surface area (Å²) < 4.78 is 5.09. The summed E-state index contributed by atoms with van der Waals surface area (Å²) in [5.74, 6) is -0.265. The number of carbonyl (C=O) groups is 2. The Morgan fingerprint density at radius 3 is 2.52 bits per heavy atom. The van der Waals surface area contributed by atoms with Crippen LogP contribution in [0.1, 0.15) is 24.2 Å². The molecule has 1 aromatic rings. The molecular weight excluding hydrogens is 270 g/mol. The molecule has 5 nitrogen and oxygen atoms in total. The zero-order valence-electron chi connectivity index (χ0n) is 12.0. The average molecular weight is 285 g/mol. The number of rotatable bonds is 3. The van der Waals surface area contributed by atoms with Crippen molar-refractivity contribution < 1.29 is 19.2 Å². The molecule has 0 N–H and O–H groups in total. The molecule has 1 aromatic carbocycles. The van der Waals surface area contributed by atoms with Gasteiger partial charge in [0.2, 0.25) is 0 Å². The minimum Gasteiger partial charge on any atom is -0.496 e. The number of methoxy groups -OCH3 is 1. The first kappa shape index (κ1) is 14.7. The van der Waals surface area contributed by atoms with Crippen LogP contribution in [0, 0.1) is 0 Å². The van der Waals surface area contributed by atoms with Crippen LogP contribution in [0.15, 0.2) is 52.7 Å². The Morgan fingerprint density at radius 1 is 1.10 bits per heavy atom. The molecule has 0 radical (unpaired) electrons. The lowest BCUT2D eigenvalue weighted by molar-refractivity contribution is -0.111. The minimum absolute atomic E-state index is 0.0671. The molecule has 1 aliphatic carbocycles. The van der Waals surface area contributed by atoms with Crippen molar-refractivity contribution in [2.45, 2.75) is 13.8 Å². The highest BCUT2D eigenvalue weighted by atomic mass is 16.7. The van der Waals surface area contributed by atoms with Crippen molar-refractivity contribution in [3.63, 3.8) is 0 Å². The van der Waals surface area contributed by atoms with E-state index in [2.05, 4.69) is 5.16 Å². The van der Waals surface area contributed by atoms with Crippen LogP contribution in [0.3, 0.4) is 0 Å². The number of ketones is 1. The van der Waals surface area contributed by atoms with Gasteiger partial charge in [0.25, 0.3) is 0 Å². The molecule has 108 valence electrons. The highest BCUT2D eigenvalue weighted by Gasteiger charge is 2.16. The van der Waals surface area contributed by atoms with E-state index < -0.39 is 5.97 Å². The molecule has 0 unspecified atom stereocenters. The number of benzene rings is 1. The third kappa shape index (κ3) is 3.25. The van der Waals surface area contributed by atoms with Gasteiger partial charge in [-0.25, -0.2) is 4.79 Å². The second kappa shape index (κ2) is 6.17. The van der Waals surface area contributed by atoms with Crippen molar-refractivity contribution in [1.82, 2.24) is 0 Å². The van der Waals surface area contributed by atoms with Crippen molar-refractivity contribution in [1.29, 1.82) is 0 Å². The van der Waals surface area contributed by atoms with Crippen LogP contribution in [-0.2, 0) is 9.63 Å². The van der Waals surface area contributed by atoms with E-state index in [0.717, 1.165) is 0 Å². The third-order valence-corrected chi connectivity index (χ3v) is 3.05. The van der Waals surface area contributed by atoms with E-state index in [0.29, 0.717) is 28.2 Å². The normalized spacial score (nSPS) is 16.3. The molecule has 1 aliphatic rings. The van der Waals surface area contributed by atoms with Crippen LogP contribution in [0.25, 0.3) is 0 Å². The van der Waals surface area contributed by atoms with Gasteiger partial charge < -0.3 is 9.57 Å². The minimum atomic E-state index is -0.615. The molecule has 5 heteroatoms. The van der Waals surface area contributed by atoms with Crippen molar-refractivity contribution in [2.24, 2.45) is 5.16 Å². The van der Waals surface area contributed by atoms with E-state index in [1.165, 1.54) is 13.2 Å². The van der Waals surface area contributed by atoms with Crippen LogP contribution in [-0.4, -0.2) is 24.6 Å². The van der Waals surface area contributed by atoms with E-state index in [-0.39, 0.29) is 5.78 Å². The van der Waals surface area contributed by atoms with E-state index in [9.17, 15) is 9.59 Å². The first-order chi connectivity index (χ1) is 10.0. The largest absolute Gasteiger partial charge is 0.496 e. The van der Waals surface area contributed by atoms with Crippen LogP contribution in [0.5, 0.6) is 5.75 Å². The molecule has 0 bridgehead atoms. The van der Waals surface area contributed by atoms with Gasteiger partial charge in [-0.3, -0.25) is 4.79 Å². The number of carbonyl (C=O) groups excluding carboxylic acids is 2. The second-order valence-electron chi connectivity index (χ2n) is 4.57. The highest BCUT2D eigenvalue weighted by molar-refractivity contribution is 6.21. The maximum atomic E-state index is 12.0. The lowest BCUT2D eigenvalue weighted by Crippen LogP contribution is -2.12. The molecule has 0 fully saturated rings. The predicted octanol–water partition coefficient (Wildman–Crippen LogP) is 2.68. The molecule has 21 heavy (non-hydrogen) atoms. The zero-order valence-corrected chi connectivity index (χ0v) is 12.0. The van der Waals surface area contributed by atoms with Crippen molar-refractivity contribution in [3.8, 4) is 5.75 Å². The fourth-order valence-electron chi connectivity index (χ4n) is 1.83. The Hall–Kier alpha value is -2.69. The van der Waals surface area contributed by atoms with Gasteiger partial charge in [0, 0.05) is 0 Å².